The highest BCUT2D eigenvalue weighted by Gasteiger charge is 2.18. The van der Waals surface area contributed by atoms with E-state index in [0.29, 0.717) is 36.2 Å². The highest BCUT2D eigenvalue weighted by molar-refractivity contribution is 5.99. The standard InChI is InChI=1S/C24H22N10O2/c35-24(29-19-13-18(32-33-19)15-5-7-25-8-6-15)28-17-3-1-16(2-4-17)21-30-20-22(31-21)26-14-27-23(20)34-9-11-36-12-10-34/h1-8,13-14H,9-12H2,(H,26,27,30,31)(H3,28,29,32,33,35). The van der Waals surface area contributed by atoms with Crippen LogP contribution in [0.5, 0.6) is 0 Å². The second-order valence-corrected chi connectivity index (χ2v) is 8.14. The molecule has 2 amide bonds. The summed E-state index contributed by atoms with van der Waals surface area (Å²) in [5.74, 6) is 1.91. The Hall–Kier alpha value is -4.84. The number of amides is 2. The normalized spacial score (nSPS) is 13.6. The lowest BCUT2D eigenvalue weighted by molar-refractivity contribution is 0.122. The molecule has 0 unspecified atom stereocenters. The first-order chi connectivity index (χ1) is 17.7. The molecule has 0 radical (unpaired) electrons. The lowest BCUT2D eigenvalue weighted by Gasteiger charge is -2.27. The largest absolute Gasteiger partial charge is 0.378 e. The molecule has 1 aliphatic rings. The van der Waals surface area contributed by atoms with Crippen molar-refractivity contribution in [2.75, 3.05) is 41.8 Å². The van der Waals surface area contributed by atoms with Crippen molar-refractivity contribution in [1.29, 1.82) is 0 Å². The SMILES string of the molecule is O=C(Nc1ccc(-c2nc3ncnc(N4CCOCC4)c3[nH]2)cc1)Nc1cc(-c2ccncc2)[nH]n1. The number of hydrogen-bond acceptors (Lipinski definition) is 8. The van der Waals surface area contributed by atoms with Crippen LogP contribution < -0.4 is 15.5 Å². The van der Waals surface area contributed by atoms with Gasteiger partial charge in [-0.1, -0.05) is 0 Å². The van der Waals surface area contributed by atoms with Crippen LogP contribution in [-0.2, 0) is 4.74 Å². The van der Waals surface area contributed by atoms with Crippen molar-refractivity contribution in [1.82, 2.24) is 35.1 Å². The zero-order chi connectivity index (χ0) is 24.3. The van der Waals surface area contributed by atoms with Crippen LogP contribution in [0.1, 0.15) is 0 Å². The van der Waals surface area contributed by atoms with Crippen LogP contribution in [0.15, 0.2) is 61.2 Å². The zero-order valence-electron chi connectivity index (χ0n) is 19.1. The van der Waals surface area contributed by atoms with E-state index in [1.165, 1.54) is 6.33 Å². The number of rotatable bonds is 5. The minimum absolute atomic E-state index is 0.398. The van der Waals surface area contributed by atoms with Gasteiger partial charge in [0, 0.05) is 48.4 Å². The van der Waals surface area contributed by atoms with Crippen LogP contribution in [0.4, 0.5) is 22.1 Å². The number of fused-ring (bicyclic) bond motifs is 1. The van der Waals surface area contributed by atoms with Gasteiger partial charge in [0.25, 0.3) is 0 Å². The van der Waals surface area contributed by atoms with Gasteiger partial charge < -0.3 is 19.9 Å². The van der Waals surface area contributed by atoms with Gasteiger partial charge in [-0.15, -0.1) is 0 Å². The van der Waals surface area contributed by atoms with E-state index in [-0.39, 0.29) is 0 Å². The van der Waals surface area contributed by atoms with E-state index in [1.807, 2.05) is 36.4 Å². The van der Waals surface area contributed by atoms with Crippen molar-refractivity contribution in [2.24, 2.45) is 0 Å². The molecule has 1 aliphatic heterocycles. The smallest absolute Gasteiger partial charge is 0.324 e. The Morgan fingerprint density at radius 1 is 0.972 bits per heavy atom. The summed E-state index contributed by atoms with van der Waals surface area (Å²) >= 11 is 0. The number of hydrogen-bond donors (Lipinski definition) is 4. The molecule has 12 nitrogen and oxygen atoms in total. The van der Waals surface area contributed by atoms with E-state index < -0.39 is 6.03 Å². The monoisotopic (exact) mass is 482 g/mol. The number of ether oxygens (including phenoxy) is 1. The van der Waals surface area contributed by atoms with Crippen molar-refractivity contribution in [3.05, 3.63) is 61.2 Å². The summed E-state index contributed by atoms with van der Waals surface area (Å²) in [4.78, 5) is 35.4. The van der Waals surface area contributed by atoms with Crippen molar-refractivity contribution in [3.8, 4) is 22.6 Å². The first-order valence-corrected chi connectivity index (χ1v) is 11.4. The molecule has 0 atom stereocenters. The molecule has 12 heteroatoms. The highest BCUT2D eigenvalue weighted by Crippen LogP contribution is 2.26. The summed E-state index contributed by atoms with van der Waals surface area (Å²) in [5, 5.41) is 12.6. The lowest BCUT2D eigenvalue weighted by Crippen LogP contribution is -2.36. The Balaban J connectivity index is 1.14. The molecule has 0 spiro atoms. The number of nitrogens with zero attached hydrogens (tertiary/aromatic N) is 6. The third-order valence-electron chi connectivity index (χ3n) is 5.81. The maximum atomic E-state index is 12.5. The molecular weight excluding hydrogens is 460 g/mol. The number of H-pyrrole nitrogens is 2. The molecule has 5 aromatic rings. The van der Waals surface area contributed by atoms with Crippen molar-refractivity contribution in [2.45, 2.75) is 0 Å². The van der Waals surface area contributed by atoms with Crippen LogP contribution in [0.3, 0.4) is 0 Å². The molecule has 0 aliphatic carbocycles. The van der Waals surface area contributed by atoms with Crippen LogP contribution in [-0.4, -0.2) is 67.5 Å². The molecule has 1 aromatic carbocycles. The number of benzene rings is 1. The lowest BCUT2D eigenvalue weighted by atomic mass is 10.2. The molecule has 1 fully saturated rings. The van der Waals surface area contributed by atoms with Gasteiger partial charge in [0.05, 0.1) is 18.9 Å². The van der Waals surface area contributed by atoms with E-state index >= 15 is 0 Å². The average molecular weight is 483 g/mol. The highest BCUT2D eigenvalue weighted by atomic mass is 16.5. The third kappa shape index (κ3) is 4.44. The Morgan fingerprint density at radius 2 is 1.78 bits per heavy atom. The number of aromatic nitrogens is 7. The van der Waals surface area contributed by atoms with Gasteiger partial charge in [-0.25, -0.2) is 19.7 Å². The fraction of sp³-hybridized carbons (Fsp3) is 0.167. The second-order valence-electron chi connectivity index (χ2n) is 8.14. The summed E-state index contributed by atoms with van der Waals surface area (Å²) in [7, 11) is 0. The number of aromatic amines is 2. The molecule has 4 N–H and O–H groups in total. The molecule has 1 saturated heterocycles. The fourth-order valence-electron chi connectivity index (χ4n) is 4.02. The topological polar surface area (TPSA) is 150 Å². The van der Waals surface area contributed by atoms with Gasteiger partial charge in [0.2, 0.25) is 0 Å². The maximum absolute atomic E-state index is 12.5. The molecule has 36 heavy (non-hydrogen) atoms. The molecule has 4 aromatic heterocycles. The van der Waals surface area contributed by atoms with E-state index in [9.17, 15) is 4.79 Å². The quantitative estimate of drug-likeness (QED) is 0.298. The number of nitrogens with one attached hydrogen (secondary N) is 4. The van der Waals surface area contributed by atoms with Gasteiger partial charge in [0.15, 0.2) is 17.3 Å². The summed E-state index contributed by atoms with van der Waals surface area (Å²) in [6.45, 7) is 2.87. The minimum Gasteiger partial charge on any atom is -0.378 e. The predicted molar refractivity (Wildman–Crippen MR) is 135 cm³/mol. The van der Waals surface area contributed by atoms with Gasteiger partial charge in [-0.3, -0.25) is 15.4 Å². The summed E-state index contributed by atoms with van der Waals surface area (Å²) in [6, 6.07) is 12.5. The molecule has 5 heterocycles. The van der Waals surface area contributed by atoms with Crippen LogP contribution >= 0.6 is 0 Å². The van der Waals surface area contributed by atoms with E-state index in [0.717, 1.165) is 41.2 Å². The predicted octanol–water partition coefficient (Wildman–Crippen LogP) is 3.29. The summed E-state index contributed by atoms with van der Waals surface area (Å²) in [5.41, 5.74) is 4.60. The minimum atomic E-state index is -0.398. The first kappa shape index (κ1) is 21.7. The Bertz CT molecular complexity index is 1490. The fourth-order valence-corrected chi connectivity index (χ4v) is 4.02. The number of carbonyl (C=O) groups excluding carboxylic acids is 1. The number of pyridine rings is 1. The number of urea groups is 1. The third-order valence-corrected chi connectivity index (χ3v) is 5.81. The Labute approximate surface area is 205 Å². The van der Waals surface area contributed by atoms with Gasteiger partial charge >= 0.3 is 6.03 Å². The van der Waals surface area contributed by atoms with Gasteiger partial charge in [0.1, 0.15) is 17.7 Å². The molecule has 0 saturated carbocycles. The number of carbonyl (C=O) groups is 1. The number of anilines is 3. The van der Waals surface area contributed by atoms with Crippen molar-refractivity contribution >= 4 is 34.5 Å². The second kappa shape index (κ2) is 9.43. The van der Waals surface area contributed by atoms with E-state index in [4.69, 9.17) is 4.74 Å². The number of morpholine rings is 1. The van der Waals surface area contributed by atoms with E-state index in [1.54, 1.807) is 18.5 Å². The zero-order valence-corrected chi connectivity index (χ0v) is 19.1. The molecular formula is C24H22N10O2. The van der Waals surface area contributed by atoms with Crippen LogP contribution in [0, 0.1) is 0 Å². The van der Waals surface area contributed by atoms with E-state index in [2.05, 4.69) is 50.7 Å². The average Bonchev–Trinajstić information content (AvgIpc) is 3.57. The van der Waals surface area contributed by atoms with Crippen LogP contribution in [0.2, 0.25) is 0 Å². The summed E-state index contributed by atoms with van der Waals surface area (Å²) < 4.78 is 5.45. The van der Waals surface area contributed by atoms with Crippen LogP contribution in [0.25, 0.3) is 33.8 Å². The Kier molecular flexibility index (Phi) is 5.68. The molecule has 180 valence electrons. The van der Waals surface area contributed by atoms with Gasteiger partial charge in [-0.2, -0.15) is 5.10 Å². The summed E-state index contributed by atoms with van der Waals surface area (Å²) in [6.07, 6.45) is 4.92. The first-order valence-electron chi connectivity index (χ1n) is 11.4. The van der Waals surface area contributed by atoms with Crippen molar-refractivity contribution < 1.29 is 9.53 Å². The molecule has 0 bridgehead atoms. The number of imidazole rings is 1. The Morgan fingerprint density at radius 3 is 2.58 bits per heavy atom. The van der Waals surface area contributed by atoms with Crippen molar-refractivity contribution in [3.63, 3.8) is 0 Å². The maximum Gasteiger partial charge on any atom is 0.324 e. The molecule has 6 rings (SSSR count). The van der Waals surface area contributed by atoms with Gasteiger partial charge in [-0.05, 0) is 36.4 Å².